The van der Waals surface area contributed by atoms with E-state index in [-0.39, 0.29) is 5.91 Å². The highest BCUT2D eigenvalue weighted by molar-refractivity contribution is 6.11. The van der Waals surface area contributed by atoms with Crippen LogP contribution >= 0.6 is 0 Å². The maximum Gasteiger partial charge on any atom is 0.276 e. The zero-order valence-corrected chi connectivity index (χ0v) is 10.8. The van der Waals surface area contributed by atoms with E-state index in [0.717, 1.165) is 11.1 Å². The van der Waals surface area contributed by atoms with Crippen molar-refractivity contribution in [2.24, 2.45) is 0 Å². The van der Waals surface area contributed by atoms with Crippen LogP contribution in [0.2, 0.25) is 0 Å². The van der Waals surface area contributed by atoms with Gasteiger partial charge in [-0.25, -0.2) is 0 Å². The Hall–Kier alpha value is -2.89. The van der Waals surface area contributed by atoms with Gasteiger partial charge >= 0.3 is 0 Å². The van der Waals surface area contributed by atoms with Crippen LogP contribution in [-0.4, -0.2) is 21.1 Å². The van der Waals surface area contributed by atoms with Crippen molar-refractivity contribution in [1.29, 1.82) is 0 Å². The Bertz CT molecular complexity index is 793. The summed E-state index contributed by atoms with van der Waals surface area (Å²) >= 11 is 0. The van der Waals surface area contributed by atoms with E-state index in [4.69, 9.17) is 5.73 Å². The van der Waals surface area contributed by atoms with Crippen LogP contribution in [0, 0.1) is 6.92 Å². The monoisotopic (exact) mass is 267 g/mol. The summed E-state index contributed by atoms with van der Waals surface area (Å²) in [5, 5.41) is 10.4. The van der Waals surface area contributed by atoms with Crippen molar-refractivity contribution in [1.82, 2.24) is 15.2 Å². The Balaban J connectivity index is 1.97. The molecule has 0 radical (unpaired) electrons. The predicted octanol–water partition coefficient (Wildman–Crippen LogP) is 2.10. The number of benzene rings is 1. The molecule has 3 rings (SSSR count). The summed E-state index contributed by atoms with van der Waals surface area (Å²) in [5.41, 5.74) is 9.02. The molecule has 0 aliphatic carbocycles. The number of carbonyl (C=O) groups is 1. The summed E-state index contributed by atoms with van der Waals surface area (Å²) in [6.07, 6.45) is 3.28. The van der Waals surface area contributed by atoms with Crippen LogP contribution in [0.4, 0.5) is 11.4 Å². The highest BCUT2D eigenvalue weighted by Crippen LogP contribution is 2.20. The molecule has 0 aliphatic rings. The lowest BCUT2D eigenvalue weighted by Crippen LogP contribution is -2.13. The van der Waals surface area contributed by atoms with Gasteiger partial charge in [-0.15, -0.1) is 0 Å². The average molecular weight is 267 g/mol. The lowest BCUT2D eigenvalue weighted by atomic mass is 10.1. The molecule has 0 saturated heterocycles. The van der Waals surface area contributed by atoms with Gasteiger partial charge in [0.05, 0.1) is 17.4 Å². The number of fused-ring (bicyclic) bond motifs is 1. The van der Waals surface area contributed by atoms with E-state index in [2.05, 4.69) is 20.5 Å². The molecule has 4 N–H and O–H groups in total. The van der Waals surface area contributed by atoms with Crippen LogP contribution in [0.3, 0.4) is 0 Å². The number of hydrogen-bond donors (Lipinski definition) is 3. The number of H-pyrrole nitrogens is 1. The highest BCUT2D eigenvalue weighted by Gasteiger charge is 2.15. The number of nitrogens with one attached hydrogen (secondary N) is 2. The number of carbonyl (C=O) groups excluding carboxylic acids is 1. The van der Waals surface area contributed by atoms with Crippen molar-refractivity contribution in [3.63, 3.8) is 0 Å². The van der Waals surface area contributed by atoms with Gasteiger partial charge in [0.2, 0.25) is 0 Å². The van der Waals surface area contributed by atoms with Gasteiger partial charge in [0.25, 0.3) is 5.91 Å². The van der Waals surface area contributed by atoms with Crippen molar-refractivity contribution >= 4 is 28.2 Å². The molecule has 0 atom stereocenters. The van der Waals surface area contributed by atoms with Crippen LogP contribution in [0.5, 0.6) is 0 Å². The third kappa shape index (κ3) is 2.07. The fourth-order valence-electron chi connectivity index (χ4n) is 1.98. The Morgan fingerprint density at radius 3 is 3.00 bits per heavy atom. The molecule has 3 aromatic rings. The number of nitrogens with two attached hydrogens (primary N) is 1. The molecule has 0 aliphatic heterocycles. The Labute approximate surface area is 115 Å². The minimum Gasteiger partial charge on any atom is -0.399 e. The van der Waals surface area contributed by atoms with E-state index >= 15 is 0 Å². The Morgan fingerprint density at radius 1 is 1.35 bits per heavy atom. The van der Waals surface area contributed by atoms with Crippen LogP contribution in [0.25, 0.3) is 10.9 Å². The number of rotatable bonds is 2. The van der Waals surface area contributed by atoms with Gasteiger partial charge < -0.3 is 11.1 Å². The zero-order valence-electron chi connectivity index (χ0n) is 10.8. The third-order valence-electron chi connectivity index (χ3n) is 3.09. The molecular formula is C14H13N5O. The maximum atomic E-state index is 12.3. The van der Waals surface area contributed by atoms with E-state index in [9.17, 15) is 4.79 Å². The van der Waals surface area contributed by atoms with Crippen molar-refractivity contribution in [2.75, 3.05) is 11.1 Å². The first-order valence-electron chi connectivity index (χ1n) is 6.11. The molecule has 20 heavy (non-hydrogen) atoms. The first-order chi connectivity index (χ1) is 9.65. The standard InChI is InChI=1S/C14H13N5O/c1-8-4-5-16-7-12(8)17-14(20)13-10-6-9(15)2-3-11(10)18-19-13/h2-7H,15H2,1H3,(H,17,20)(H,18,19). The molecule has 2 aromatic heterocycles. The summed E-state index contributed by atoms with van der Waals surface area (Å²) < 4.78 is 0. The molecule has 6 heteroatoms. The second-order valence-electron chi connectivity index (χ2n) is 4.52. The molecule has 0 bridgehead atoms. The number of aromatic amines is 1. The number of aromatic nitrogens is 3. The lowest BCUT2D eigenvalue weighted by molar-refractivity contribution is 0.102. The van der Waals surface area contributed by atoms with Gasteiger partial charge in [-0.2, -0.15) is 5.10 Å². The van der Waals surface area contributed by atoms with Gasteiger partial charge in [-0.3, -0.25) is 14.9 Å². The molecule has 0 spiro atoms. The fourth-order valence-corrected chi connectivity index (χ4v) is 1.98. The quantitative estimate of drug-likeness (QED) is 0.619. The van der Waals surface area contributed by atoms with Gasteiger partial charge in [0, 0.05) is 17.3 Å². The van der Waals surface area contributed by atoms with E-state index in [0.29, 0.717) is 22.5 Å². The minimum atomic E-state index is -0.294. The van der Waals surface area contributed by atoms with Crippen molar-refractivity contribution < 1.29 is 4.79 Å². The van der Waals surface area contributed by atoms with Crippen molar-refractivity contribution in [3.05, 3.63) is 47.9 Å². The Morgan fingerprint density at radius 2 is 2.20 bits per heavy atom. The normalized spacial score (nSPS) is 10.7. The summed E-state index contributed by atoms with van der Waals surface area (Å²) in [7, 11) is 0. The molecule has 100 valence electrons. The van der Waals surface area contributed by atoms with Gasteiger partial charge in [-0.05, 0) is 36.8 Å². The van der Waals surface area contributed by atoms with Gasteiger partial charge in [0.1, 0.15) is 0 Å². The summed E-state index contributed by atoms with van der Waals surface area (Å²) in [6, 6.07) is 7.11. The number of pyridine rings is 1. The number of hydrogen-bond acceptors (Lipinski definition) is 4. The van der Waals surface area contributed by atoms with E-state index in [1.807, 2.05) is 13.0 Å². The molecule has 0 unspecified atom stereocenters. The SMILES string of the molecule is Cc1ccncc1NC(=O)c1n[nH]c2ccc(N)cc12. The highest BCUT2D eigenvalue weighted by atomic mass is 16.1. The predicted molar refractivity (Wildman–Crippen MR) is 77.4 cm³/mol. The topological polar surface area (TPSA) is 96.7 Å². The molecular weight excluding hydrogens is 254 g/mol. The summed E-state index contributed by atoms with van der Waals surface area (Å²) in [5.74, 6) is -0.294. The third-order valence-corrected chi connectivity index (χ3v) is 3.09. The number of nitrogen functional groups attached to an aromatic ring is 1. The summed E-state index contributed by atoms with van der Waals surface area (Å²) in [6.45, 7) is 1.90. The molecule has 6 nitrogen and oxygen atoms in total. The lowest BCUT2D eigenvalue weighted by Gasteiger charge is -2.05. The average Bonchev–Trinajstić information content (AvgIpc) is 2.84. The zero-order chi connectivity index (χ0) is 14.1. The minimum absolute atomic E-state index is 0.294. The van der Waals surface area contributed by atoms with Crippen LogP contribution in [0.15, 0.2) is 36.7 Å². The smallest absolute Gasteiger partial charge is 0.276 e. The van der Waals surface area contributed by atoms with Crippen molar-refractivity contribution in [3.8, 4) is 0 Å². The molecule has 0 fully saturated rings. The fraction of sp³-hybridized carbons (Fsp3) is 0.0714. The van der Waals surface area contributed by atoms with Gasteiger partial charge in [-0.1, -0.05) is 0 Å². The summed E-state index contributed by atoms with van der Waals surface area (Å²) in [4.78, 5) is 16.3. The number of nitrogens with zero attached hydrogens (tertiary/aromatic N) is 2. The first kappa shape index (κ1) is 12.2. The van der Waals surface area contributed by atoms with Crippen molar-refractivity contribution in [2.45, 2.75) is 6.92 Å². The van der Waals surface area contributed by atoms with Crippen LogP contribution in [0.1, 0.15) is 16.1 Å². The van der Waals surface area contributed by atoms with E-state index in [1.54, 1.807) is 30.6 Å². The largest absolute Gasteiger partial charge is 0.399 e. The number of aryl methyl sites for hydroxylation is 1. The second-order valence-corrected chi connectivity index (χ2v) is 4.52. The van der Waals surface area contributed by atoms with Crippen LogP contribution in [-0.2, 0) is 0 Å². The molecule has 1 amide bonds. The first-order valence-corrected chi connectivity index (χ1v) is 6.11. The number of amides is 1. The van der Waals surface area contributed by atoms with E-state index < -0.39 is 0 Å². The molecule has 2 heterocycles. The second kappa shape index (κ2) is 4.65. The van der Waals surface area contributed by atoms with Crippen LogP contribution < -0.4 is 11.1 Å². The van der Waals surface area contributed by atoms with Gasteiger partial charge in [0.15, 0.2) is 5.69 Å². The Kier molecular flexibility index (Phi) is 2.83. The maximum absolute atomic E-state index is 12.3. The molecule has 0 saturated carbocycles. The van der Waals surface area contributed by atoms with E-state index in [1.165, 1.54) is 0 Å². The number of anilines is 2. The molecule has 1 aromatic carbocycles.